The van der Waals surface area contributed by atoms with Crippen LogP contribution in [0.3, 0.4) is 0 Å². The number of piperidine rings is 1. The molecule has 22 heavy (non-hydrogen) atoms. The van der Waals surface area contributed by atoms with Crippen LogP contribution in [0.5, 0.6) is 0 Å². The van der Waals surface area contributed by atoms with Crippen molar-refractivity contribution in [3.8, 4) is 0 Å². The van der Waals surface area contributed by atoms with Gasteiger partial charge in [-0.25, -0.2) is 4.79 Å². The molecule has 2 aliphatic rings. The molecule has 0 unspecified atom stereocenters. The van der Waals surface area contributed by atoms with Crippen molar-refractivity contribution in [2.24, 2.45) is 0 Å². The van der Waals surface area contributed by atoms with Crippen molar-refractivity contribution in [3.63, 3.8) is 0 Å². The van der Waals surface area contributed by atoms with E-state index in [1.165, 1.54) is 5.56 Å². The molecule has 1 aromatic rings. The van der Waals surface area contributed by atoms with E-state index < -0.39 is 0 Å². The Kier molecular flexibility index (Phi) is 4.97. The molecule has 0 bridgehead atoms. The molecule has 3 rings (SSSR count). The summed E-state index contributed by atoms with van der Waals surface area (Å²) < 4.78 is 7.43. The van der Waals surface area contributed by atoms with Gasteiger partial charge in [0.25, 0.3) is 0 Å². The molecule has 0 aliphatic carbocycles. The van der Waals surface area contributed by atoms with Crippen LogP contribution in [-0.4, -0.2) is 47.0 Å². The van der Waals surface area contributed by atoms with E-state index in [0.29, 0.717) is 25.7 Å². The molecule has 1 amide bonds. The number of amides is 1. The molecule has 6 heteroatoms. The predicted molar refractivity (Wildman–Crippen MR) is 83.7 cm³/mol. The van der Waals surface area contributed by atoms with Crippen LogP contribution in [0, 0.1) is 0 Å². The topological polar surface area (TPSA) is 59.4 Å². The van der Waals surface area contributed by atoms with Crippen molar-refractivity contribution >= 4 is 6.09 Å². The number of unbranched alkanes of at least 4 members (excludes halogenated alkanes) is 1. The maximum Gasteiger partial charge on any atom is 0.410 e. The lowest BCUT2D eigenvalue weighted by molar-refractivity contribution is 0.0965. The van der Waals surface area contributed by atoms with Gasteiger partial charge < -0.3 is 15.0 Å². The highest BCUT2D eigenvalue weighted by Crippen LogP contribution is 2.23. The number of rotatable bonds is 4. The maximum absolute atomic E-state index is 12.1. The highest BCUT2D eigenvalue weighted by Gasteiger charge is 2.26. The van der Waals surface area contributed by atoms with Crippen molar-refractivity contribution in [1.82, 2.24) is 20.0 Å². The summed E-state index contributed by atoms with van der Waals surface area (Å²) in [4.78, 5) is 13.9. The van der Waals surface area contributed by atoms with Gasteiger partial charge in [-0.15, -0.1) is 0 Å². The summed E-state index contributed by atoms with van der Waals surface area (Å²) in [6.45, 7) is 6.08. The monoisotopic (exact) mass is 306 g/mol. The van der Waals surface area contributed by atoms with E-state index >= 15 is 0 Å². The standard InChI is InChI=1S/C16H26N4O2/c1-2-3-10-22-16(21)19-9-6-15-13(11-19)12-20(18-15)14-4-7-17-8-5-14/h12,14,17H,2-11H2,1H3. The largest absolute Gasteiger partial charge is 0.449 e. The quantitative estimate of drug-likeness (QED) is 0.866. The van der Waals surface area contributed by atoms with Gasteiger partial charge >= 0.3 is 6.09 Å². The molecule has 2 aliphatic heterocycles. The van der Waals surface area contributed by atoms with E-state index in [1.807, 2.05) is 0 Å². The normalized spacial score (nSPS) is 19.0. The van der Waals surface area contributed by atoms with Crippen molar-refractivity contribution in [2.45, 2.75) is 51.6 Å². The highest BCUT2D eigenvalue weighted by molar-refractivity contribution is 5.68. The SMILES string of the molecule is CCCCOC(=O)N1CCc2nn(C3CCNCC3)cc2C1. The zero-order chi connectivity index (χ0) is 15.4. The summed E-state index contributed by atoms with van der Waals surface area (Å²) in [7, 11) is 0. The fourth-order valence-electron chi connectivity index (χ4n) is 3.14. The first-order valence-corrected chi connectivity index (χ1v) is 8.47. The number of hydrogen-bond acceptors (Lipinski definition) is 4. The Hall–Kier alpha value is -1.56. The fraction of sp³-hybridized carbons (Fsp3) is 0.750. The molecule has 3 heterocycles. The lowest BCUT2D eigenvalue weighted by Crippen LogP contribution is -2.36. The van der Waals surface area contributed by atoms with E-state index in [-0.39, 0.29) is 6.09 Å². The number of nitrogens with zero attached hydrogens (tertiary/aromatic N) is 3. The summed E-state index contributed by atoms with van der Waals surface area (Å²) in [5, 5.41) is 8.14. The predicted octanol–water partition coefficient (Wildman–Crippen LogP) is 2.10. The van der Waals surface area contributed by atoms with Gasteiger partial charge in [0.1, 0.15) is 0 Å². The summed E-state index contributed by atoms with van der Waals surface area (Å²) in [6, 6.07) is 0.497. The summed E-state index contributed by atoms with van der Waals surface area (Å²) in [5.74, 6) is 0. The number of hydrogen-bond donors (Lipinski definition) is 1. The number of nitrogens with one attached hydrogen (secondary N) is 1. The summed E-state index contributed by atoms with van der Waals surface area (Å²) in [6.07, 6.45) is 7.01. The van der Waals surface area contributed by atoms with E-state index in [4.69, 9.17) is 9.84 Å². The zero-order valence-corrected chi connectivity index (χ0v) is 13.4. The highest BCUT2D eigenvalue weighted by atomic mass is 16.6. The van der Waals surface area contributed by atoms with Crippen LogP contribution in [0.25, 0.3) is 0 Å². The second-order valence-corrected chi connectivity index (χ2v) is 6.20. The summed E-state index contributed by atoms with van der Waals surface area (Å²) in [5.41, 5.74) is 2.33. The van der Waals surface area contributed by atoms with E-state index in [9.17, 15) is 4.79 Å². The van der Waals surface area contributed by atoms with Crippen LogP contribution < -0.4 is 5.32 Å². The minimum Gasteiger partial charge on any atom is -0.449 e. The van der Waals surface area contributed by atoms with Gasteiger partial charge in [-0.2, -0.15) is 5.10 Å². The van der Waals surface area contributed by atoms with Crippen LogP contribution in [-0.2, 0) is 17.7 Å². The number of carbonyl (C=O) groups is 1. The van der Waals surface area contributed by atoms with Gasteiger partial charge in [0.2, 0.25) is 0 Å². The average molecular weight is 306 g/mol. The third-order valence-electron chi connectivity index (χ3n) is 4.54. The molecule has 0 aromatic carbocycles. The minimum absolute atomic E-state index is 0.186. The number of fused-ring (bicyclic) bond motifs is 1. The Bertz CT molecular complexity index is 508. The first-order chi connectivity index (χ1) is 10.8. The van der Waals surface area contributed by atoms with Gasteiger partial charge in [-0.1, -0.05) is 13.3 Å². The van der Waals surface area contributed by atoms with Crippen LogP contribution in [0.4, 0.5) is 4.79 Å². The van der Waals surface area contributed by atoms with Crippen molar-refractivity contribution in [1.29, 1.82) is 0 Å². The second kappa shape index (κ2) is 7.13. The Morgan fingerprint density at radius 1 is 1.45 bits per heavy atom. The Morgan fingerprint density at radius 2 is 2.27 bits per heavy atom. The van der Waals surface area contributed by atoms with Gasteiger partial charge in [-0.05, 0) is 32.4 Å². The number of ether oxygens (including phenoxy) is 1. The number of aromatic nitrogens is 2. The lowest BCUT2D eigenvalue weighted by Gasteiger charge is -2.25. The summed E-state index contributed by atoms with van der Waals surface area (Å²) >= 11 is 0. The second-order valence-electron chi connectivity index (χ2n) is 6.20. The van der Waals surface area contributed by atoms with Gasteiger partial charge in [-0.3, -0.25) is 4.68 Å². The molecular formula is C16H26N4O2. The number of carbonyl (C=O) groups excluding carboxylic acids is 1. The molecular weight excluding hydrogens is 280 g/mol. The van der Waals surface area contributed by atoms with Crippen LogP contribution in [0.1, 0.15) is 49.9 Å². The van der Waals surface area contributed by atoms with Gasteiger partial charge in [0, 0.05) is 24.7 Å². The fourth-order valence-corrected chi connectivity index (χ4v) is 3.14. The Labute approximate surface area is 131 Å². The minimum atomic E-state index is -0.186. The molecule has 1 fully saturated rings. The third-order valence-corrected chi connectivity index (χ3v) is 4.54. The van der Waals surface area contributed by atoms with Crippen molar-refractivity contribution < 1.29 is 9.53 Å². The van der Waals surface area contributed by atoms with E-state index in [0.717, 1.165) is 50.9 Å². The molecule has 1 aromatic heterocycles. The Balaban J connectivity index is 1.60. The smallest absolute Gasteiger partial charge is 0.410 e. The molecule has 0 spiro atoms. The van der Waals surface area contributed by atoms with Crippen LogP contribution in [0.15, 0.2) is 6.20 Å². The average Bonchev–Trinajstić information content (AvgIpc) is 2.99. The molecule has 1 saturated heterocycles. The first kappa shape index (κ1) is 15.3. The van der Waals surface area contributed by atoms with Gasteiger partial charge in [0.05, 0.1) is 24.9 Å². The van der Waals surface area contributed by atoms with Crippen LogP contribution in [0.2, 0.25) is 0 Å². The van der Waals surface area contributed by atoms with Crippen molar-refractivity contribution in [2.75, 3.05) is 26.2 Å². The zero-order valence-electron chi connectivity index (χ0n) is 13.4. The molecule has 0 atom stereocenters. The first-order valence-electron chi connectivity index (χ1n) is 8.47. The molecule has 1 N–H and O–H groups in total. The van der Waals surface area contributed by atoms with E-state index in [1.54, 1.807) is 4.90 Å². The molecule has 122 valence electrons. The van der Waals surface area contributed by atoms with Crippen LogP contribution >= 0.6 is 0 Å². The molecule has 0 radical (unpaired) electrons. The lowest BCUT2D eigenvalue weighted by atomic mass is 10.1. The van der Waals surface area contributed by atoms with E-state index in [2.05, 4.69) is 23.1 Å². The van der Waals surface area contributed by atoms with Crippen molar-refractivity contribution in [3.05, 3.63) is 17.5 Å². The Morgan fingerprint density at radius 3 is 3.05 bits per heavy atom. The third kappa shape index (κ3) is 3.43. The maximum atomic E-state index is 12.1. The molecule has 0 saturated carbocycles. The molecule has 6 nitrogen and oxygen atoms in total. The van der Waals surface area contributed by atoms with Gasteiger partial charge in [0.15, 0.2) is 0 Å².